The van der Waals surface area contributed by atoms with Gasteiger partial charge in [0.05, 0.1) is 6.10 Å². The Morgan fingerprint density at radius 2 is 1.64 bits per heavy atom. The van der Waals surface area contributed by atoms with Crippen molar-refractivity contribution in [1.82, 2.24) is 0 Å². The minimum Gasteiger partial charge on any atom is -0.393 e. The Morgan fingerprint density at radius 3 is 2.43 bits per heavy atom. The second-order valence-corrected chi connectivity index (χ2v) is 12.9. The molecule has 0 saturated heterocycles. The molecule has 0 bridgehead atoms. The van der Waals surface area contributed by atoms with Crippen LogP contribution in [-0.4, -0.2) is 11.2 Å². The van der Waals surface area contributed by atoms with Gasteiger partial charge in [-0.1, -0.05) is 47.0 Å². The molecule has 0 aromatic rings. The van der Waals surface area contributed by atoms with Crippen LogP contribution >= 0.6 is 0 Å². The minimum atomic E-state index is 0.0150. The molecule has 5 fully saturated rings. The summed E-state index contributed by atoms with van der Waals surface area (Å²) in [4.78, 5) is 0. The Hall–Kier alpha value is -0.0400. The highest BCUT2D eigenvalue weighted by atomic mass is 16.3. The van der Waals surface area contributed by atoms with E-state index in [1.807, 2.05) is 0 Å². The van der Waals surface area contributed by atoms with Crippen LogP contribution in [0.25, 0.3) is 0 Å². The van der Waals surface area contributed by atoms with Crippen LogP contribution in [0.4, 0.5) is 0 Å². The van der Waals surface area contributed by atoms with Crippen molar-refractivity contribution >= 4 is 0 Å². The second-order valence-electron chi connectivity index (χ2n) is 12.9. The molecule has 2 spiro atoms. The first-order valence-corrected chi connectivity index (χ1v) is 13.0. The first kappa shape index (κ1) is 19.9. The smallest absolute Gasteiger partial charge is 0.0543 e. The average molecular weight is 387 g/mol. The van der Waals surface area contributed by atoms with Crippen molar-refractivity contribution in [3.05, 3.63) is 0 Å². The number of hydrogen-bond donors (Lipinski definition) is 1. The van der Waals surface area contributed by atoms with Gasteiger partial charge in [-0.2, -0.15) is 0 Å². The van der Waals surface area contributed by atoms with E-state index < -0.39 is 0 Å². The third kappa shape index (κ3) is 2.66. The zero-order chi connectivity index (χ0) is 19.7. The van der Waals surface area contributed by atoms with E-state index in [9.17, 15) is 5.11 Å². The lowest BCUT2D eigenvalue weighted by molar-refractivity contribution is -0.0829. The Morgan fingerprint density at radius 1 is 0.857 bits per heavy atom. The number of hydrogen-bond acceptors (Lipinski definition) is 1. The molecular weight excluding hydrogens is 340 g/mol. The van der Waals surface area contributed by atoms with Gasteiger partial charge in [-0.3, -0.25) is 0 Å². The number of aliphatic hydroxyl groups excluding tert-OH is 1. The van der Waals surface area contributed by atoms with E-state index in [-0.39, 0.29) is 6.10 Å². The highest BCUT2D eigenvalue weighted by Crippen LogP contribution is 2.85. The average Bonchev–Trinajstić information content (AvgIpc) is 3.18. The molecule has 0 unspecified atom stereocenters. The van der Waals surface area contributed by atoms with Crippen molar-refractivity contribution in [2.45, 2.75) is 117 Å². The molecule has 0 amide bonds. The Kier molecular flexibility index (Phi) is 4.78. The van der Waals surface area contributed by atoms with Crippen LogP contribution in [-0.2, 0) is 0 Å². The lowest BCUT2D eigenvalue weighted by Gasteiger charge is -2.56. The summed E-state index contributed by atoms with van der Waals surface area (Å²) in [5.41, 5.74) is 2.03. The topological polar surface area (TPSA) is 20.2 Å². The predicted molar refractivity (Wildman–Crippen MR) is 117 cm³/mol. The van der Waals surface area contributed by atoms with E-state index >= 15 is 0 Å². The zero-order valence-corrected chi connectivity index (χ0v) is 19.2. The van der Waals surface area contributed by atoms with Crippen molar-refractivity contribution in [2.75, 3.05) is 0 Å². The van der Waals surface area contributed by atoms with Gasteiger partial charge in [0.1, 0.15) is 0 Å². The van der Waals surface area contributed by atoms with Crippen LogP contribution in [0.5, 0.6) is 0 Å². The van der Waals surface area contributed by atoms with Gasteiger partial charge in [0.15, 0.2) is 0 Å². The van der Waals surface area contributed by atoms with Crippen molar-refractivity contribution < 1.29 is 5.11 Å². The highest BCUT2D eigenvalue weighted by Gasteiger charge is 2.78. The maximum atomic E-state index is 10.3. The van der Waals surface area contributed by atoms with Gasteiger partial charge < -0.3 is 5.11 Å². The highest BCUT2D eigenvalue weighted by molar-refractivity contribution is 5.26. The molecule has 5 saturated carbocycles. The van der Waals surface area contributed by atoms with Gasteiger partial charge in [0.25, 0.3) is 0 Å². The quantitative estimate of drug-likeness (QED) is 0.528. The minimum absolute atomic E-state index is 0.0150. The van der Waals surface area contributed by atoms with Gasteiger partial charge in [-0.25, -0.2) is 0 Å². The van der Waals surface area contributed by atoms with Crippen LogP contribution in [0, 0.1) is 51.8 Å². The Labute approximate surface area is 174 Å². The summed E-state index contributed by atoms with van der Waals surface area (Å²) in [6.07, 6.45) is 18.5. The predicted octanol–water partition coefficient (Wildman–Crippen LogP) is 7.22. The van der Waals surface area contributed by atoms with Gasteiger partial charge in [-0.15, -0.1) is 0 Å². The largest absolute Gasteiger partial charge is 0.393 e. The van der Waals surface area contributed by atoms with Crippen LogP contribution in [0.2, 0.25) is 0 Å². The molecule has 1 nitrogen and oxygen atoms in total. The summed E-state index contributed by atoms with van der Waals surface area (Å²) in [5.74, 6) is 5.70. The van der Waals surface area contributed by atoms with Crippen molar-refractivity contribution in [3.63, 3.8) is 0 Å². The van der Waals surface area contributed by atoms with Crippen LogP contribution in [0.3, 0.4) is 0 Å². The first-order valence-electron chi connectivity index (χ1n) is 13.0. The van der Waals surface area contributed by atoms with E-state index in [0.29, 0.717) is 10.8 Å². The zero-order valence-electron chi connectivity index (χ0n) is 19.2. The van der Waals surface area contributed by atoms with Gasteiger partial charge >= 0.3 is 0 Å². The standard InChI is InChI=1S/C27H46O/c1-18(2)6-5-7-19(3)22-10-11-23-24-9-8-20-16-21(28)12-13-26(20)17-27(24,26)15-14-25(22,23)4/h18-24,28H,5-17H2,1-4H3/t19-,20+,21+,22-,23+,24+,25-,26-,27+/m1/s1. The fourth-order valence-corrected chi connectivity index (χ4v) is 10.2. The van der Waals surface area contributed by atoms with E-state index in [2.05, 4.69) is 27.7 Å². The second kappa shape index (κ2) is 6.73. The summed E-state index contributed by atoms with van der Waals surface area (Å²) >= 11 is 0. The molecule has 0 aromatic carbocycles. The molecule has 0 heterocycles. The van der Waals surface area contributed by atoms with Crippen LogP contribution in [0.1, 0.15) is 111 Å². The third-order valence-electron chi connectivity index (χ3n) is 11.5. The maximum absolute atomic E-state index is 10.3. The van der Waals surface area contributed by atoms with Gasteiger partial charge in [0, 0.05) is 0 Å². The van der Waals surface area contributed by atoms with Crippen LogP contribution in [0.15, 0.2) is 0 Å². The third-order valence-corrected chi connectivity index (χ3v) is 11.5. The first-order chi connectivity index (χ1) is 13.3. The molecule has 0 aromatic heterocycles. The molecule has 1 heteroatoms. The summed E-state index contributed by atoms with van der Waals surface area (Å²) < 4.78 is 0. The SMILES string of the molecule is CC(C)CCC[C@@H](C)[C@H]1CC[C@H]2[C@@H]3CC[C@H]4C[C@@H](O)CC[C@@]45C[C@@]35CC[C@]12C. The van der Waals surface area contributed by atoms with E-state index in [1.54, 1.807) is 6.42 Å². The van der Waals surface area contributed by atoms with E-state index in [1.165, 1.54) is 64.2 Å². The molecule has 9 atom stereocenters. The molecule has 0 radical (unpaired) electrons. The number of fused-ring (bicyclic) bond motifs is 2. The van der Waals surface area contributed by atoms with E-state index in [0.717, 1.165) is 53.8 Å². The summed E-state index contributed by atoms with van der Waals surface area (Å²) in [5, 5.41) is 10.3. The molecular formula is C27H46O. The molecule has 5 rings (SSSR count). The van der Waals surface area contributed by atoms with E-state index in [4.69, 9.17) is 0 Å². The molecule has 160 valence electrons. The normalized spacial score (nSPS) is 53.1. The fourth-order valence-electron chi connectivity index (χ4n) is 10.2. The fraction of sp³-hybridized carbons (Fsp3) is 1.00. The summed E-state index contributed by atoms with van der Waals surface area (Å²) in [7, 11) is 0. The number of aliphatic hydroxyl groups is 1. The van der Waals surface area contributed by atoms with Crippen molar-refractivity contribution in [1.29, 1.82) is 0 Å². The molecule has 5 aliphatic carbocycles. The molecule has 28 heavy (non-hydrogen) atoms. The monoisotopic (exact) mass is 386 g/mol. The Balaban J connectivity index is 1.31. The van der Waals surface area contributed by atoms with Gasteiger partial charge in [0.2, 0.25) is 0 Å². The summed E-state index contributed by atoms with van der Waals surface area (Å²) in [6, 6.07) is 0. The summed E-state index contributed by atoms with van der Waals surface area (Å²) in [6.45, 7) is 10.1. The molecule has 0 aliphatic heterocycles. The number of rotatable bonds is 5. The van der Waals surface area contributed by atoms with Crippen molar-refractivity contribution in [3.8, 4) is 0 Å². The lowest BCUT2D eigenvalue weighted by atomic mass is 9.49. The van der Waals surface area contributed by atoms with Gasteiger partial charge in [-0.05, 0) is 116 Å². The lowest BCUT2D eigenvalue weighted by Crippen LogP contribution is -2.49. The molecule has 5 aliphatic rings. The molecule has 1 N–H and O–H groups in total. The van der Waals surface area contributed by atoms with Crippen molar-refractivity contribution in [2.24, 2.45) is 51.8 Å². The Bertz CT molecular complexity index is 597. The maximum Gasteiger partial charge on any atom is 0.0543 e. The van der Waals surface area contributed by atoms with Crippen LogP contribution < -0.4 is 0 Å².